The fourth-order valence-electron chi connectivity index (χ4n) is 3.31. The minimum absolute atomic E-state index is 0.183. The number of benzene rings is 4. The third-order valence-electron chi connectivity index (χ3n) is 4.79. The molecule has 3 nitrogen and oxygen atoms in total. The van der Waals surface area contributed by atoms with Crippen molar-refractivity contribution >= 4 is 28.7 Å². The lowest BCUT2D eigenvalue weighted by molar-refractivity contribution is 0.475. The Morgan fingerprint density at radius 1 is 0.667 bits per heavy atom. The van der Waals surface area contributed by atoms with Gasteiger partial charge >= 0.3 is 0 Å². The number of hydrogen-bond donors (Lipinski definition) is 1. The molecule has 144 valence electrons. The average molecular weight is 388 g/mol. The third-order valence-corrected chi connectivity index (χ3v) is 4.79. The number of allylic oxidation sites excluding steroid dienone is 1. The topological polar surface area (TPSA) is 47.3 Å². The first-order chi connectivity index (χ1) is 14.7. The Bertz CT molecular complexity index is 1130. The Balaban J connectivity index is 1.69. The highest BCUT2D eigenvalue weighted by Gasteiger charge is 2.11. The SMILES string of the molecule is N#C/C(=C\c1ccc(N(c2ccccc2)c2ccccc2)cc1)c1ccc(O)cc1. The van der Waals surface area contributed by atoms with Crippen molar-refractivity contribution in [2.75, 3.05) is 4.90 Å². The molecular formula is C27H20N2O. The summed E-state index contributed by atoms with van der Waals surface area (Å²) < 4.78 is 0. The van der Waals surface area contributed by atoms with Crippen LogP contribution in [-0.4, -0.2) is 5.11 Å². The smallest absolute Gasteiger partial charge is 0.115 e. The second-order valence-electron chi connectivity index (χ2n) is 6.81. The molecule has 4 aromatic rings. The van der Waals surface area contributed by atoms with Crippen LogP contribution in [0.4, 0.5) is 17.1 Å². The first-order valence-corrected chi connectivity index (χ1v) is 9.66. The van der Waals surface area contributed by atoms with E-state index in [1.165, 1.54) is 0 Å². The molecule has 0 amide bonds. The number of phenolic OH excluding ortho intramolecular Hbond substituents is 1. The number of nitrogens with zero attached hydrogens (tertiary/aromatic N) is 2. The molecule has 0 spiro atoms. The van der Waals surface area contributed by atoms with E-state index in [1.54, 1.807) is 24.3 Å². The van der Waals surface area contributed by atoms with Gasteiger partial charge in [-0.3, -0.25) is 0 Å². The van der Waals surface area contributed by atoms with E-state index >= 15 is 0 Å². The van der Waals surface area contributed by atoms with Gasteiger partial charge in [0, 0.05) is 17.1 Å². The molecule has 0 unspecified atom stereocenters. The van der Waals surface area contributed by atoms with Gasteiger partial charge in [-0.1, -0.05) is 48.5 Å². The highest BCUT2D eigenvalue weighted by Crippen LogP contribution is 2.34. The summed E-state index contributed by atoms with van der Waals surface area (Å²) in [6, 6.07) is 37.5. The van der Waals surface area contributed by atoms with Crippen LogP contribution in [0, 0.1) is 11.3 Å². The van der Waals surface area contributed by atoms with Crippen LogP contribution in [-0.2, 0) is 0 Å². The zero-order valence-corrected chi connectivity index (χ0v) is 16.3. The summed E-state index contributed by atoms with van der Waals surface area (Å²) >= 11 is 0. The standard InChI is InChI=1S/C27H20N2O/c28-20-23(22-13-17-27(30)18-14-22)19-21-11-15-26(16-12-21)29(24-7-3-1-4-8-24)25-9-5-2-6-10-25/h1-19,30H/b23-19+. The first kappa shape index (κ1) is 19.0. The van der Waals surface area contributed by atoms with Gasteiger partial charge < -0.3 is 10.0 Å². The van der Waals surface area contributed by atoms with Gasteiger partial charge in [-0.25, -0.2) is 0 Å². The van der Waals surface area contributed by atoms with Crippen molar-refractivity contribution in [1.29, 1.82) is 5.26 Å². The number of hydrogen-bond acceptors (Lipinski definition) is 3. The molecule has 3 heteroatoms. The molecule has 0 saturated heterocycles. The molecule has 0 bridgehead atoms. The number of aromatic hydroxyl groups is 1. The summed E-state index contributed by atoms with van der Waals surface area (Å²) in [6.07, 6.45) is 1.85. The number of para-hydroxylation sites is 2. The molecule has 4 rings (SSSR count). The molecule has 0 fully saturated rings. The van der Waals surface area contributed by atoms with Gasteiger partial charge in [-0.05, 0) is 77.9 Å². The van der Waals surface area contributed by atoms with E-state index < -0.39 is 0 Å². The van der Waals surface area contributed by atoms with Crippen LogP contribution >= 0.6 is 0 Å². The third kappa shape index (κ3) is 4.24. The van der Waals surface area contributed by atoms with Crippen LogP contribution in [0.1, 0.15) is 11.1 Å². The van der Waals surface area contributed by atoms with E-state index in [4.69, 9.17) is 0 Å². The van der Waals surface area contributed by atoms with Gasteiger partial charge in [-0.15, -0.1) is 0 Å². The number of phenols is 1. The zero-order chi connectivity index (χ0) is 20.8. The molecule has 30 heavy (non-hydrogen) atoms. The van der Waals surface area contributed by atoms with Crippen LogP contribution in [0.2, 0.25) is 0 Å². The van der Waals surface area contributed by atoms with Gasteiger partial charge in [0.2, 0.25) is 0 Å². The Kier molecular flexibility index (Phi) is 5.59. The fraction of sp³-hybridized carbons (Fsp3) is 0. The van der Waals surface area contributed by atoms with Crippen molar-refractivity contribution in [2.45, 2.75) is 0 Å². The lowest BCUT2D eigenvalue weighted by Gasteiger charge is -2.25. The van der Waals surface area contributed by atoms with Crippen molar-refractivity contribution in [3.8, 4) is 11.8 Å². The summed E-state index contributed by atoms with van der Waals surface area (Å²) in [5, 5.41) is 19.0. The second-order valence-corrected chi connectivity index (χ2v) is 6.81. The van der Waals surface area contributed by atoms with Crippen molar-refractivity contribution in [2.24, 2.45) is 0 Å². The number of rotatable bonds is 5. The summed E-state index contributed by atoms with van der Waals surface area (Å²) in [5.41, 5.74) is 5.44. The van der Waals surface area contributed by atoms with E-state index in [0.29, 0.717) is 5.57 Å². The number of nitriles is 1. The second kappa shape index (κ2) is 8.81. The van der Waals surface area contributed by atoms with E-state index in [2.05, 4.69) is 47.4 Å². The Morgan fingerprint density at radius 3 is 1.67 bits per heavy atom. The molecule has 1 N–H and O–H groups in total. The summed E-state index contributed by atoms with van der Waals surface area (Å²) in [7, 11) is 0. The van der Waals surface area contributed by atoms with E-state index in [9.17, 15) is 10.4 Å². The molecule has 0 heterocycles. The predicted octanol–water partition coefficient (Wildman–Crippen LogP) is 6.93. The monoisotopic (exact) mass is 388 g/mol. The quantitative estimate of drug-likeness (QED) is 0.298. The van der Waals surface area contributed by atoms with Crippen molar-refractivity contribution in [3.63, 3.8) is 0 Å². The minimum atomic E-state index is 0.183. The lowest BCUT2D eigenvalue weighted by atomic mass is 10.0. The Labute approximate surface area is 176 Å². The summed E-state index contributed by atoms with van der Waals surface area (Å²) in [6.45, 7) is 0. The van der Waals surface area contributed by atoms with Gasteiger partial charge in [0.25, 0.3) is 0 Å². The molecule has 0 radical (unpaired) electrons. The molecule has 4 aromatic carbocycles. The zero-order valence-electron chi connectivity index (χ0n) is 16.3. The minimum Gasteiger partial charge on any atom is -0.508 e. The maximum Gasteiger partial charge on any atom is 0.115 e. The van der Waals surface area contributed by atoms with Gasteiger partial charge in [-0.2, -0.15) is 5.26 Å². The molecule has 0 aromatic heterocycles. The van der Waals surface area contributed by atoms with Crippen LogP contribution in [0.5, 0.6) is 5.75 Å². The van der Waals surface area contributed by atoms with Gasteiger partial charge in [0.1, 0.15) is 5.75 Å². The van der Waals surface area contributed by atoms with E-state index in [0.717, 1.165) is 28.2 Å². The highest BCUT2D eigenvalue weighted by molar-refractivity contribution is 5.90. The maximum atomic E-state index is 9.56. The first-order valence-electron chi connectivity index (χ1n) is 9.66. The average Bonchev–Trinajstić information content (AvgIpc) is 2.81. The van der Waals surface area contributed by atoms with Crippen molar-refractivity contribution in [1.82, 2.24) is 0 Å². The fourth-order valence-corrected chi connectivity index (χ4v) is 3.31. The lowest BCUT2D eigenvalue weighted by Crippen LogP contribution is -2.09. The van der Waals surface area contributed by atoms with Crippen LogP contribution in [0.15, 0.2) is 109 Å². The van der Waals surface area contributed by atoms with E-state index in [-0.39, 0.29) is 5.75 Å². The van der Waals surface area contributed by atoms with Crippen LogP contribution < -0.4 is 4.90 Å². The number of anilines is 3. The maximum absolute atomic E-state index is 9.56. The molecule has 0 saturated carbocycles. The normalized spacial score (nSPS) is 11.0. The van der Waals surface area contributed by atoms with Gasteiger partial charge in [0.05, 0.1) is 11.6 Å². The molecule has 0 aliphatic heterocycles. The van der Waals surface area contributed by atoms with Crippen molar-refractivity contribution in [3.05, 3.63) is 120 Å². The largest absolute Gasteiger partial charge is 0.508 e. The molecule has 0 aliphatic carbocycles. The Morgan fingerprint density at radius 2 is 1.17 bits per heavy atom. The molecular weight excluding hydrogens is 368 g/mol. The van der Waals surface area contributed by atoms with Crippen LogP contribution in [0.25, 0.3) is 11.6 Å². The summed E-state index contributed by atoms with van der Waals surface area (Å²) in [4.78, 5) is 2.19. The molecule has 0 atom stereocenters. The molecule has 0 aliphatic rings. The van der Waals surface area contributed by atoms with Crippen LogP contribution in [0.3, 0.4) is 0 Å². The van der Waals surface area contributed by atoms with Crippen molar-refractivity contribution < 1.29 is 5.11 Å². The summed E-state index contributed by atoms with van der Waals surface area (Å²) in [5.74, 6) is 0.183. The highest BCUT2D eigenvalue weighted by atomic mass is 16.3. The predicted molar refractivity (Wildman–Crippen MR) is 123 cm³/mol. The van der Waals surface area contributed by atoms with Gasteiger partial charge in [0.15, 0.2) is 0 Å². The Hall–Kier alpha value is -4.29. The van der Waals surface area contributed by atoms with E-state index in [1.807, 2.05) is 54.6 Å².